The van der Waals surface area contributed by atoms with Gasteiger partial charge >= 0.3 is 0 Å². The van der Waals surface area contributed by atoms with Crippen molar-refractivity contribution in [3.63, 3.8) is 0 Å². The predicted octanol–water partition coefficient (Wildman–Crippen LogP) is 0.742. The van der Waals surface area contributed by atoms with Crippen LogP contribution in [0.1, 0.15) is 5.56 Å². The van der Waals surface area contributed by atoms with Gasteiger partial charge in [-0.25, -0.2) is 0 Å². The summed E-state index contributed by atoms with van der Waals surface area (Å²) in [4.78, 5) is 4.87. The monoisotopic (exact) mass is 262 g/mol. The Bertz CT molecular complexity index is 424. The lowest BCUT2D eigenvalue weighted by Gasteiger charge is -2.33. The summed E-state index contributed by atoms with van der Waals surface area (Å²) in [5, 5.41) is 9.16. The van der Waals surface area contributed by atoms with Crippen molar-refractivity contribution in [3.8, 4) is 0 Å². The number of morpholine rings is 1. The van der Waals surface area contributed by atoms with Crippen LogP contribution >= 0.6 is 0 Å². The number of aliphatic hydroxyl groups excluding tert-OH is 1. The Morgan fingerprint density at radius 1 is 1.21 bits per heavy atom. The summed E-state index contributed by atoms with van der Waals surface area (Å²) in [7, 11) is 0. The lowest BCUT2D eigenvalue weighted by atomic mass is 10.2. The standard InChI is InChI=1S/C15H22N2O2/c18-12-14-11-16(9-10-19-14)7-8-17-6-5-13-3-1-2-4-15(13)17/h1-4,14,18H,5-12H2/t14-/m0/s1. The molecule has 0 spiro atoms. The molecule has 1 aromatic carbocycles. The molecule has 0 unspecified atom stereocenters. The fourth-order valence-electron chi connectivity index (χ4n) is 2.99. The first kappa shape index (κ1) is 12.9. The third-order valence-corrected chi connectivity index (χ3v) is 4.10. The minimum atomic E-state index is -0.000357. The molecule has 0 amide bonds. The molecule has 4 heteroatoms. The Hall–Kier alpha value is -1.10. The first-order chi connectivity index (χ1) is 9.36. The van der Waals surface area contributed by atoms with Crippen molar-refractivity contribution in [2.75, 3.05) is 50.8 Å². The van der Waals surface area contributed by atoms with Gasteiger partial charge in [-0.1, -0.05) is 18.2 Å². The van der Waals surface area contributed by atoms with E-state index in [2.05, 4.69) is 34.1 Å². The smallest absolute Gasteiger partial charge is 0.0932 e. The first-order valence-corrected chi connectivity index (χ1v) is 7.14. The summed E-state index contributed by atoms with van der Waals surface area (Å²) in [6, 6.07) is 8.69. The Kier molecular flexibility index (Phi) is 4.01. The lowest BCUT2D eigenvalue weighted by Crippen LogP contribution is -2.46. The molecule has 19 heavy (non-hydrogen) atoms. The third-order valence-electron chi connectivity index (χ3n) is 4.10. The average Bonchev–Trinajstić information content (AvgIpc) is 2.89. The maximum Gasteiger partial charge on any atom is 0.0932 e. The van der Waals surface area contributed by atoms with Crippen molar-refractivity contribution in [3.05, 3.63) is 29.8 Å². The van der Waals surface area contributed by atoms with Crippen molar-refractivity contribution in [1.82, 2.24) is 4.90 Å². The summed E-state index contributed by atoms with van der Waals surface area (Å²) in [6.45, 7) is 5.94. The minimum absolute atomic E-state index is 0.000357. The van der Waals surface area contributed by atoms with Crippen LogP contribution in [-0.4, -0.2) is 62.0 Å². The number of anilines is 1. The largest absolute Gasteiger partial charge is 0.394 e. The highest BCUT2D eigenvalue weighted by molar-refractivity contribution is 5.57. The number of fused-ring (bicyclic) bond motifs is 1. The van der Waals surface area contributed by atoms with E-state index in [0.717, 1.165) is 39.3 Å². The van der Waals surface area contributed by atoms with E-state index < -0.39 is 0 Å². The molecule has 1 N–H and O–H groups in total. The number of ether oxygens (including phenoxy) is 1. The molecule has 2 heterocycles. The van der Waals surface area contributed by atoms with Crippen molar-refractivity contribution in [2.45, 2.75) is 12.5 Å². The number of aliphatic hydroxyl groups is 1. The van der Waals surface area contributed by atoms with Gasteiger partial charge < -0.3 is 14.7 Å². The number of hydrogen-bond acceptors (Lipinski definition) is 4. The Morgan fingerprint density at radius 2 is 2.11 bits per heavy atom. The zero-order valence-electron chi connectivity index (χ0n) is 11.3. The van der Waals surface area contributed by atoms with Crippen LogP contribution in [0.4, 0.5) is 5.69 Å². The second-order valence-electron chi connectivity index (χ2n) is 5.34. The molecule has 1 saturated heterocycles. The van der Waals surface area contributed by atoms with Crippen LogP contribution in [0.5, 0.6) is 0 Å². The van der Waals surface area contributed by atoms with Gasteiger partial charge in [-0.15, -0.1) is 0 Å². The molecule has 0 bridgehead atoms. The lowest BCUT2D eigenvalue weighted by molar-refractivity contribution is -0.0518. The van der Waals surface area contributed by atoms with E-state index in [4.69, 9.17) is 9.84 Å². The summed E-state index contributed by atoms with van der Waals surface area (Å²) in [5.74, 6) is 0. The third kappa shape index (κ3) is 2.91. The fourth-order valence-corrected chi connectivity index (χ4v) is 2.99. The SMILES string of the molecule is OC[C@@H]1CN(CCN2CCc3ccccc32)CCO1. The van der Waals surface area contributed by atoms with Gasteiger partial charge in [-0.05, 0) is 18.1 Å². The maximum atomic E-state index is 9.16. The number of rotatable bonds is 4. The van der Waals surface area contributed by atoms with Crippen molar-refractivity contribution < 1.29 is 9.84 Å². The molecule has 4 nitrogen and oxygen atoms in total. The molecule has 3 rings (SSSR count). The van der Waals surface area contributed by atoms with Gasteiger partial charge in [-0.2, -0.15) is 0 Å². The van der Waals surface area contributed by atoms with Gasteiger partial charge in [0.05, 0.1) is 19.3 Å². The molecule has 2 aliphatic rings. The average molecular weight is 262 g/mol. The van der Waals surface area contributed by atoms with Crippen LogP contribution in [0.2, 0.25) is 0 Å². The summed E-state index contributed by atoms with van der Waals surface area (Å²) in [6.07, 6.45) is 1.16. The van der Waals surface area contributed by atoms with Crippen LogP contribution in [-0.2, 0) is 11.2 Å². The van der Waals surface area contributed by atoms with Gasteiger partial charge in [0.15, 0.2) is 0 Å². The van der Waals surface area contributed by atoms with E-state index >= 15 is 0 Å². The molecule has 1 aromatic rings. The van der Waals surface area contributed by atoms with Crippen LogP contribution in [0.15, 0.2) is 24.3 Å². The number of benzene rings is 1. The van der Waals surface area contributed by atoms with Crippen molar-refractivity contribution in [1.29, 1.82) is 0 Å². The number of para-hydroxylation sites is 1. The minimum Gasteiger partial charge on any atom is -0.394 e. The predicted molar refractivity (Wildman–Crippen MR) is 75.6 cm³/mol. The highest BCUT2D eigenvalue weighted by atomic mass is 16.5. The van der Waals surface area contributed by atoms with Gasteiger partial charge in [0.1, 0.15) is 0 Å². The first-order valence-electron chi connectivity index (χ1n) is 7.14. The van der Waals surface area contributed by atoms with Gasteiger partial charge in [0.2, 0.25) is 0 Å². The number of hydrogen-bond donors (Lipinski definition) is 1. The van der Waals surface area contributed by atoms with Crippen molar-refractivity contribution in [2.24, 2.45) is 0 Å². The zero-order chi connectivity index (χ0) is 13.1. The highest BCUT2D eigenvalue weighted by Gasteiger charge is 2.22. The molecule has 1 atom stereocenters. The van der Waals surface area contributed by atoms with E-state index in [1.807, 2.05) is 0 Å². The molecule has 0 radical (unpaired) electrons. The second-order valence-corrected chi connectivity index (χ2v) is 5.34. The van der Waals surface area contributed by atoms with E-state index in [0.29, 0.717) is 0 Å². The van der Waals surface area contributed by atoms with Crippen LogP contribution in [0.25, 0.3) is 0 Å². The van der Waals surface area contributed by atoms with E-state index in [1.165, 1.54) is 17.7 Å². The van der Waals surface area contributed by atoms with E-state index in [-0.39, 0.29) is 12.7 Å². The molecule has 0 saturated carbocycles. The van der Waals surface area contributed by atoms with Gasteiger partial charge in [0, 0.05) is 38.4 Å². The van der Waals surface area contributed by atoms with Crippen molar-refractivity contribution >= 4 is 5.69 Å². The quantitative estimate of drug-likeness (QED) is 0.868. The van der Waals surface area contributed by atoms with E-state index in [1.54, 1.807) is 0 Å². The highest BCUT2D eigenvalue weighted by Crippen LogP contribution is 2.26. The van der Waals surface area contributed by atoms with Gasteiger partial charge in [0.25, 0.3) is 0 Å². The second kappa shape index (κ2) is 5.90. The Labute approximate surface area is 114 Å². The molecule has 0 aliphatic carbocycles. The topological polar surface area (TPSA) is 35.9 Å². The molecular formula is C15H22N2O2. The molecular weight excluding hydrogens is 240 g/mol. The van der Waals surface area contributed by atoms with Crippen LogP contribution < -0.4 is 4.90 Å². The summed E-state index contributed by atoms with van der Waals surface area (Å²) < 4.78 is 5.48. The maximum absolute atomic E-state index is 9.16. The molecule has 104 valence electrons. The zero-order valence-corrected chi connectivity index (χ0v) is 11.3. The fraction of sp³-hybridized carbons (Fsp3) is 0.600. The normalized spacial score (nSPS) is 23.6. The number of nitrogens with zero attached hydrogens (tertiary/aromatic N) is 2. The van der Waals surface area contributed by atoms with Crippen LogP contribution in [0, 0.1) is 0 Å². The van der Waals surface area contributed by atoms with Crippen LogP contribution in [0.3, 0.4) is 0 Å². The van der Waals surface area contributed by atoms with Gasteiger partial charge in [-0.3, -0.25) is 4.90 Å². The Balaban J connectivity index is 1.53. The molecule has 0 aromatic heterocycles. The summed E-state index contributed by atoms with van der Waals surface area (Å²) >= 11 is 0. The Morgan fingerprint density at radius 3 is 3.00 bits per heavy atom. The molecule has 1 fully saturated rings. The van der Waals surface area contributed by atoms with E-state index in [9.17, 15) is 0 Å². The molecule has 2 aliphatic heterocycles. The summed E-state index contributed by atoms with van der Waals surface area (Å²) in [5.41, 5.74) is 2.87.